The zero-order chi connectivity index (χ0) is 16.6. The van der Waals surface area contributed by atoms with E-state index in [9.17, 15) is 13.2 Å². The van der Waals surface area contributed by atoms with Crippen LogP contribution in [0.3, 0.4) is 0 Å². The van der Waals surface area contributed by atoms with E-state index in [0.717, 1.165) is 6.26 Å². The van der Waals surface area contributed by atoms with Gasteiger partial charge in [0.05, 0.1) is 25.0 Å². The molecule has 0 unspecified atom stereocenters. The van der Waals surface area contributed by atoms with Gasteiger partial charge in [-0.2, -0.15) is 8.42 Å². The lowest BCUT2D eigenvalue weighted by atomic mass is 10.1. The van der Waals surface area contributed by atoms with Gasteiger partial charge in [-0.3, -0.25) is 9.08 Å². The maximum absolute atomic E-state index is 12.4. The summed E-state index contributed by atoms with van der Waals surface area (Å²) >= 11 is 0. The first-order valence-electron chi connectivity index (χ1n) is 6.77. The summed E-state index contributed by atoms with van der Waals surface area (Å²) in [5.41, 5.74) is -1.54. The average molecular weight is 323 g/mol. The zero-order valence-electron chi connectivity index (χ0n) is 13.7. The minimum Gasteiger partial charge on any atom is -0.444 e. The topological polar surface area (TPSA) is 82.1 Å². The van der Waals surface area contributed by atoms with Crippen LogP contribution < -0.4 is 0 Å². The molecule has 0 bridgehead atoms. The van der Waals surface area contributed by atoms with Crippen molar-refractivity contribution in [3.8, 4) is 0 Å². The van der Waals surface area contributed by atoms with Gasteiger partial charge in [-0.05, 0) is 41.5 Å². The molecule has 1 fully saturated rings. The van der Waals surface area contributed by atoms with E-state index >= 15 is 0 Å². The van der Waals surface area contributed by atoms with Crippen molar-refractivity contribution in [2.75, 3.05) is 12.9 Å². The summed E-state index contributed by atoms with van der Waals surface area (Å²) in [6.07, 6.45) is -0.310. The number of nitrogens with zero attached hydrogens (tertiary/aromatic N) is 1. The van der Waals surface area contributed by atoms with Gasteiger partial charge in [0.1, 0.15) is 11.3 Å². The minimum atomic E-state index is -3.62. The van der Waals surface area contributed by atoms with E-state index in [1.54, 1.807) is 41.5 Å². The van der Waals surface area contributed by atoms with E-state index in [1.165, 1.54) is 4.90 Å². The molecule has 8 heteroatoms. The van der Waals surface area contributed by atoms with E-state index in [2.05, 4.69) is 0 Å². The zero-order valence-corrected chi connectivity index (χ0v) is 14.5. The Kier molecular flexibility index (Phi) is 4.97. The van der Waals surface area contributed by atoms with Crippen LogP contribution in [-0.2, 0) is 23.8 Å². The van der Waals surface area contributed by atoms with Gasteiger partial charge in [0, 0.05) is 0 Å². The molecule has 1 rings (SSSR count). The Bertz CT molecular complexity index is 493. The summed E-state index contributed by atoms with van der Waals surface area (Å²) in [6.45, 7) is 10.5. The Morgan fingerprint density at radius 1 is 1.38 bits per heavy atom. The van der Waals surface area contributed by atoms with Crippen LogP contribution >= 0.6 is 0 Å². The van der Waals surface area contributed by atoms with Crippen molar-refractivity contribution in [3.63, 3.8) is 0 Å². The number of ether oxygens (including phenoxy) is 2. The lowest BCUT2D eigenvalue weighted by molar-refractivity contribution is -0.0660. The molecule has 7 nitrogen and oxygen atoms in total. The molecule has 0 aromatic rings. The van der Waals surface area contributed by atoms with Crippen molar-refractivity contribution < 1.29 is 26.9 Å². The standard InChI is InChI=1S/C13H25NO6S/c1-9(20-21(7,16)17)10-8-18-13(5,6)14(10)11(15)19-12(2,3)4/h9-10H,8H2,1-7H3/t9-,10-/m1/s1. The van der Waals surface area contributed by atoms with E-state index in [1.807, 2.05) is 0 Å². The first-order chi connectivity index (χ1) is 9.23. The molecule has 1 saturated heterocycles. The molecule has 1 aliphatic heterocycles. The minimum absolute atomic E-state index is 0.183. The first-order valence-corrected chi connectivity index (χ1v) is 8.59. The fourth-order valence-electron chi connectivity index (χ4n) is 2.18. The average Bonchev–Trinajstić information content (AvgIpc) is 2.48. The number of carbonyl (C=O) groups is 1. The first kappa shape index (κ1) is 18.2. The molecule has 0 aromatic heterocycles. The van der Waals surface area contributed by atoms with Crippen LogP contribution in [0.2, 0.25) is 0 Å². The lowest BCUT2D eigenvalue weighted by Gasteiger charge is -2.36. The van der Waals surface area contributed by atoms with Crippen molar-refractivity contribution in [3.05, 3.63) is 0 Å². The van der Waals surface area contributed by atoms with Gasteiger partial charge in [-0.25, -0.2) is 4.79 Å². The highest BCUT2D eigenvalue weighted by Gasteiger charge is 2.48. The highest BCUT2D eigenvalue weighted by Crippen LogP contribution is 2.31. The molecule has 0 aliphatic carbocycles. The summed E-state index contributed by atoms with van der Waals surface area (Å²) in [5.74, 6) is 0. The van der Waals surface area contributed by atoms with Crippen molar-refractivity contribution >= 4 is 16.2 Å². The third-order valence-corrected chi connectivity index (χ3v) is 3.63. The number of rotatable bonds is 3. The third kappa shape index (κ3) is 5.12. The highest BCUT2D eigenvalue weighted by atomic mass is 32.2. The predicted octanol–water partition coefficient (Wildman–Crippen LogP) is 1.72. The fourth-order valence-corrected chi connectivity index (χ4v) is 2.86. The summed E-state index contributed by atoms with van der Waals surface area (Å²) in [4.78, 5) is 13.8. The maximum atomic E-state index is 12.4. The normalized spacial score (nSPS) is 24.0. The molecule has 0 saturated carbocycles. The molecule has 2 atom stereocenters. The lowest BCUT2D eigenvalue weighted by Crippen LogP contribution is -2.53. The second-order valence-electron chi connectivity index (χ2n) is 6.68. The van der Waals surface area contributed by atoms with Crippen LogP contribution in [-0.4, -0.2) is 55.7 Å². The summed E-state index contributed by atoms with van der Waals surface area (Å²) < 4.78 is 38.5. The van der Waals surface area contributed by atoms with Gasteiger partial charge in [0.25, 0.3) is 10.1 Å². The molecule has 1 aliphatic rings. The number of hydrogen-bond acceptors (Lipinski definition) is 6. The second-order valence-corrected chi connectivity index (χ2v) is 8.28. The largest absolute Gasteiger partial charge is 0.444 e. The Hall–Kier alpha value is -0.860. The predicted molar refractivity (Wildman–Crippen MR) is 77.3 cm³/mol. The number of carbonyl (C=O) groups excluding carboxylic acids is 1. The molecular weight excluding hydrogens is 298 g/mol. The van der Waals surface area contributed by atoms with E-state index < -0.39 is 39.7 Å². The molecule has 0 radical (unpaired) electrons. The Morgan fingerprint density at radius 3 is 2.33 bits per heavy atom. The molecular formula is C13H25NO6S. The SMILES string of the molecule is C[C@@H](OS(C)(=O)=O)[C@H]1COC(C)(C)N1C(=O)OC(C)(C)C. The molecule has 0 spiro atoms. The van der Waals surface area contributed by atoms with Gasteiger partial charge >= 0.3 is 6.09 Å². The van der Waals surface area contributed by atoms with Gasteiger partial charge in [0.2, 0.25) is 0 Å². The van der Waals surface area contributed by atoms with Crippen molar-refractivity contribution in [2.24, 2.45) is 0 Å². The smallest absolute Gasteiger partial charge is 0.412 e. The van der Waals surface area contributed by atoms with Crippen molar-refractivity contribution in [2.45, 2.75) is 65.0 Å². The van der Waals surface area contributed by atoms with Crippen LogP contribution in [0.1, 0.15) is 41.5 Å². The molecule has 1 heterocycles. The van der Waals surface area contributed by atoms with E-state index in [-0.39, 0.29) is 6.61 Å². The fraction of sp³-hybridized carbons (Fsp3) is 0.923. The number of amides is 1. The van der Waals surface area contributed by atoms with E-state index in [0.29, 0.717) is 0 Å². The van der Waals surface area contributed by atoms with Gasteiger partial charge < -0.3 is 9.47 Å². The van der Waals surface area contributed by atoms with Gasteiger partial charge in [-0.15, -0.1) is 0 Å². The Balaban J connectivity index is 2.96. The molecule has 21 heavy (non-hydrogen) atoms. The van der Waals surface area contributed by atoms with Crippen LogP contribution in [0.4, 0.5) is 4.79 Å². The highest BCUT2D eigenvalue weighted by molar-refractivity contribution is 7.86. The van der Waals surface area contributed by atoms with Gasteiger partial charge in [-0.1, -0.05) is 0 Å². The monoisotopic (exact) mass is 323 g/mol. The molecule has 0 aromatic carbocycles. The second kappa shape index (κ2) is 5.73. The molecule has 124 valence electrons. The van der Waals surface area contributed by atoms with Crippen LogP contribution in [0.5, 0.6) is 0 Å². The quantitative estimate of drug-likeness (QED) is 0.736. The molecule has 1 amide bonds. The Labute approximate surface area is 126 Å². The summed E-state index contributed by atoms with van der Waals surface area (Å²) in [5, 5.41) is 0. The van der Waals surface area contributed by atoms with Crippen molar-refractivity contribution in [1.29, 1.82) is 0 Å². The third-order valence-electron chi connectivity index (χ3n) is 2.98. The van der Waals surface area contributed by atoms with Crippen LogP contribution in [0.25, 0.3) is 0 Å². The Morgan fingerprint density at radius 2 is 1.90 bits per heavy atom. The van der Waals surface area contributed by atoms with Crippen LogP contribution in [0, 0.1) is 0 Å². The van der Waals surface area contributed by atoms with Gasteiger partial charge in [0.15, 0.2) is 0 Å². The molecule has 0 N–H and O–H groups in total. The number of hydrogen-bond donors (Lipinski definition) is 0. The maximum Gasteiger partial charge on any atom is 0.412 e. The summed E-state index contributed by atoms with van der Waals surface area (Å²) in [7, 11) is -3.62. The van der Waals surface area contributed by atoms with E-state index in [4.69, 9.17) is 13.7 Å². The van der Waals surface area contributed by atoms with Crippen LogP contribution in [0.15, 0.2) is 0 Å². The summed E-state index contributed by atoms with van der Waals surface area (Å²) in [6, 6.07) is -0.537. The van der Waals surface area contributed by atoms with Crippen molar-refractivity contribution in [1.82, 2.24) is 4.90 Å².